The smallest absolute Gasteiger partial charge is 0.0865 e. The van der Waals surface area contributed by atoms with E-state index < -0.39 is 0 Å². The highest BCUT2D eigenvalue weighted by Crippen LogP contribution is 2.34. The van der Waals surface area contributed by atoms with Crippen LogP contribution in [0.25, 0.3) is 10.8 Å². The Balaban J connectivity index is 1.92. The normalized spacial score (nSPS) is 23.6. The lowest BCUT2D eigenvalue weighted by atomic mass is 9.88. The van der Waals surface area contributed by atoms with Crippen LogP contribution >= 0.6 is 0 Å². The number of hydrogen-bond donors (Lipinski definition) is 1. The van der Waals surface area contributed by atoms with Crippen molar-refractivity contribution in [1.29, 1.82) is 0 Å². The third kappa shape index (κ3) is 2.65. The highest BCUT2D eigenvalue weighted by molar-refractivity contribution is 5.83. The van der Waals surface area contributed by atoms with Crippen LogP contribution in [-0.2, 0) is 4.74 Å². The van der Waals surface area contributed by atoms with Crippen molar-refractivity contribution in [1.82, 2.24) is 5.32 Å². The van der Waals surface area contributed by atoms with Crippen LogP contribution in [0.2, 0.25) is 0 Å². The maximum atomic E-state index is 6.04. The molecule has 1 N–H and O–H groups in total. The monoisotopic (exact) mass is 255 g/mol. The van der Waals surface area contributed by atoms with Gasteiger partial charge >= 0.3 is 0 Å². The van der Waals surface area contributed by atoms with Gasteiger partial charge < -0.3 is 10.1 Å². The Labute approximate surface area is 114 Å². The Bertz CT molecular complexity index is 550. The molecule has 1 saturated heterocycles. The Kier molecular flexibility index (Phi) is 3.81. The molecule has 2 heteroatoms. The van der Waals surface area contributed by atoms with E-state index in [1.165, 1.54) is 29.2 Å². The first-order valence-corrected chi connectivity index (χ1v) is 7.13. The largest absolute Gasteiger partial charge is 0.373 e. The molecule has 1 fully saturated rings. The van der Waals surface area contributed by atoms with Crippen molar-refractivity contribution in [3.63, 3.8) is 0 Å². The van der Waals surface area contributed by atoms with Gasteiger partial charge in [0.05, 0.1) is 6.10 Å². The molecule has 100 valence electrons. The zero-order valence-electron chi connectivity index (χ0n) is 11.4. The number of benzene rings is 2. The molecule has 2 nitrogen and oxygen atoms in total. The topological polar surface area (TPSA) is 21.3 Å². The Hall–Kier alpha value is -1.38. The van der Waals surface area contributed by atoms with Crippen LogP contribution in [0, 0.1) is 5.92 Å². The van der Waals surface area contributed by atoms with Gasteiger partial charge in [-0.2, -0.15) is 0 Å². The number of rotatable bonds is 3. The van der Waals surface area contributed by atoms with Gasteiger partial charge in [0.25, 0.3) is 0 Å². The van der Waals surface area contributed by atoms with Crippen LogP contribution < -0.4 is 5.32 Å². The first-order valence-electron chi connectivity index (χ1n) is 7.13. The zero-order chi connectivity index (χ0) is 13.1. The Morgan fingerprint density at radius 3 is 2.84 bits per heavy atom. The van der Waals surface area contributed by atoms with Crippen molar-refractivity contribution in [3.8, 4) is 0 Å². The van der Waals surface area contributed by atoms with Gasteiger partial charge in [0.1, 0.15) is 0 Å². The second kappa shape index (κ2) is 5.72. The summed E-state index contributed by atoms with van der Waals surface area (Å²) in [6.45, 7) is 1.91. The molecule has 1 heterocycles. The lowest BCUT2D eigenvalue weighted by Gasteiger charge is -2.32. The predicted octanol–water partition coefficient (Wildman–Crippen LogP) is 3.53. The lowest BCUT2D eigenvalue weighted by molar-refractivity contribution is -0.0271. The molecule has 2 unspecified atom stereocenters. The van der Waals surface area contributed by atoms with E-state index in [4.69, 9.17) is 4.74 Å². The van der Waals surface area contributed by atoms with Crippen LogP contribution in [-0.4, -0.2) is 20.2 Å². The van der Waals surface area contributed by atoms with Gasteiger partial charge in [0, 0.05) is 19.1 Å². The molecular weight excluding hydrogens is 234 g/mol. The van der Waals surface area contributed by atoms with Gasteiger partial charge in [-0.15, -0.1) is 0 Å². The molecule has 19 heavy (non-hydrogen) atoms. The SMILES string of the molecule is CNCC1CCCOC1c1ccc2ccccc2c1. The molecule has 2 aromatic carbocycles. The van der Waals surface area contributed by atoms with Gasteiger partial charge in [-0.1, -0.05) is 36.4 Å². The summed E-state index contributed by atoms with van der Waals surface area (Å²) in [5.74, 6) is 0.583. The molecular formula is C17H21NO. The average Bonchev–Trinajstić information content (AvgIpc) is 2.48. The average molecular weight is 255 g/mol. The fraction of sp³-hybridized carbons (Fsp3) is 0.412. The molecule has 0 radical (unpaired) electrons. The van der Waals surface area contributed by atoms with Crippen molar-refractivity contribution in [2.45, 2.75) is 18.9 Å². The standard InChI is InChI=1S/C17H21NO/c1-18-12-16-7-4-10-19-17(16)15-9-8-13-5-2-3-6-14(13)11-15/h2-3,5-6,8-9,11,16-18H,4,7,10,12H2,1H3. The molecule has 1 aliphatic rings. The van der Waals surface area contributed by atoms with Crippen LogP contribution in [0.3, 0.4) is 0 Å². The number of ether oxygens (including phenoxy) is 1. The first kappa shape index (κ1) is 12.6. The van der Waals surface area contributed by atoms with Crippen molar-refractivity contribution in [2.75, 3.05) is 20.2 Å². The van der Waals surface area contributed by atoms with Gasteiger partial charge in [-0.25, -0.2) is 0 Å². The van der Waals surface area contributed by atoms with Crippen LogP contribution in [0.1, 0.15) is 24.5 Å². The maximum absolute atomic E-state index is 6.04. The summed E-state index contributed by atoms with van der Waals surface area (Å²) >= 11 is 0. The number of fused-ring (bicyclic) bond motifs is 1. The first-order chi connectivity index (χ1) is 9.38. The third-order valence-electron chi connectivity index (χ3n) is 4.01. The van der Waals surface area contributed by atoms with Gasteiger partial charge in [-0.3, -0.25) is 0 Å². The lowest BCUT2D eigenvalue weighted by Crippen LogP contribution is -2.30. The molecule has 0 aliphatic carbocycles. The van der Waals surface area contributed by atoms with Crippen LogP contribution in [0.15, 0.2) is 42.5 Å². The van der Waals surface area contributed by atoms with Crippen molar-refractivity contribution >= 4 is 10.8 Å². The third-order valence-corrected chi connectivity index (χ3v) is 4.01. The van der Waals surface area contributed by atoms with E-state index >= 15 is 0 Å². The molecule has 2 aromatic rings. The molecule has 3 rings (SSSR count). The van der Waals surface area contributed by atoms with E-state index in [1.807, 2.05) is 7.05 Å². The summed E-state index contributed by atoms with van der Waals surface area (Å²) in [4.78, 5) is 0. The van der Waals surface area contributed by atoms with Crippen molar-refractivity contribution < 1.29 is 4.74 Å². The van der Waals surface area contributed by atoms with Gasteiger partial charge in [0.2, 0.25) is 0 Å². The van der Waals surface area contributed by atoms with Crippen LogP contribution in [0.5, 0.6) is 0 Å². The Morgan fingerprint density at radius 2 is 2.00 bits per heavy atom. The van der Waals surface area contributed by atoms with E-state index in [2.05, 4.69) is 47.8 Å². The highest BCUT2D eigenvalue weighted by atomic mass is 16.5. The molecule has 0 spiro atoms. The second-order valence-electron chi connectivity index (χ2n) is 5.36. The summed E-state index contributed by atoms with van der Waals surface area (Å²) in [6.07, 6.45) is 2.67. The zero-order valence-corrected chi connectivity index (χ0v) is 11.4. The second-order valence-corrected chi connectivity index (χ2v) is 5.36. The molecule has 0 amide bonds. The van der Waals surface area contributed by atoms with E-state index in [-0.39, 0.29) is 6.10 Å². The van der Waals surface area contributed by atoms with Gasteiger partial charge in [-0.05, 0) is 42.3 Å². The highest BCUT2D eigenvalue weighted by Gasteiger charge is 2.26. The maximum Gasteiger partial charge on any atom is 0.0865 e. The molecule has 1 aliphatic heterocycles. The fourth-order valence-corrected chi connectivity index (χ4v) is 3.07. The number of hydrogen-bond acceptors (Lipinski definition) is 2. The summed E-state index contributed by atoms with van der Waals surface area (Å²) in [6, 6.07) is 15.2. The minimum Gasteiger partial charge on any atom is -0.373 e. The van der Waals surface area contributed by atoms with Crippen LogP contribution in [0.4, 0.5) is 0 Å². The van der Waals surface area contributed by atoms with E-state index in [0.29, 0.717) is 5.92 Å². The molecule has 2 atom stereocenters. The summed E-state index contributed by atoms with van der Waals surface area (Å²) < 4.78 is 6.04. The minimum atomic E-state index is 0.241. The minimum absolute atomic E-state index is 0.241. The van der Waals surface area contributed by atoms with E-state index in [0.717, 1.165) is 13.2 Å². The Morgan fingerprint density at radius 1 is 1.16 bits per heavy atom. The molecule has 0 aromatic heterocycles. The molecule has 0 saturated carbocycles. The number of nitrogens with one attached hydrogen (secondary N) is 1. The summed E-state index contributed by atoms with van der Waals surface area (Å²) in [5.41, 5.74) is 1.32. The fourth-order valence-electron chi connectivity index (χ4n) is 3.07. The van der Waals surface area contributed by atoms with E-state index in [9.17, 15) is 0 Å². The summed E-state index contributed by atoms with van der Waals surface area (Å²) in [5, 5.41) is 5.90. The predicted molar refractivity (Wildman–Crippen MR) is 79.3 cm³/mol. The van der Waals surface area contributed by atoms with E-state index in [1.54, 1.807) is 0 Å². The quantitative estimate of drug-likeness (QED) is 0.906. The van der Waals surface area contributed by atoms with Gasteiger partial charge in [0.15, 0.2) is 0 Å². The van der Waals surface area contributed by atoms with Crippen molar-refractivity contribution in [2.24, 2.45) is 5.92 Å². The summed E-state index contributed by atoms with van der Waals surface area (Å²) in [7, 11) is 2.02. The molecule has 0 bridgehead atoms. The van der Waals surface area contributed by atoms with Crippen molar-refractivity contribution in [3.05, 3.63) is 48.0 Å².